The van der Waals surface area contributed by atoms with Gasteiger partial charge in [-0.1, -0.05) is 6.58 Å². The number of hydrogen-bond donors (Lipinski definition) is 1. The number of hydrogen-bond acceptors (Lipinski definition) is 2. The molecule has 1 rings (SSSR count). The highest BCUT2D eigenvalue weighted by molar-refractivity contribution is 5.31. The summed E-state index contributed by atoms with van der Waals surface area (Å²) in [4.78, 5) is 0. The molecular weight excluding hydrogens is 202 g/mol. The fourth-order valence-corrected chi connectivity index (χ4v) is 1.04. The predicted octanol–water partition coefficient (Wildman–Crippen LogP) is 2.41. The monoisotopic (exact) mass is 214 g/mol. The summed E-state index contributed by atoms with van der Waals surface area (Å²) in [6.45, 7) is 4.90. The van der Waals surface area contributed by atoms with Crippen LogP contribution in [0.25, 0.3) is 0 Å². The molecule has 0 radical (unpaired) electrons. The van der Waals surface area contributed by atoms with Crippen molar-refractivity contribution in [1.29, 1.82) is 0 Å². The Hall–Kier alpha value is -1.42. The zero-order valence-corrected chi connectivity index (χ0v) is 8.39. The maximum atomic E-state index is 13.2. The van der Waals surface area contributed by atoms with Crippen molar-refractivity contribution < 1.29 is 18.6 Å². The Bertz CT molecular complexity index is 352. The molecule has 0 aliphatic rings. The van der Waals surface area contributed by atoms with Gasteiger partial charge in [-0.2, -0.15) is 0 Å². The van der Waals surface area contributed by atoms with Crippen molar-refractivity contribution in [3.63, 3.8) is 0 Å². The molecule has 0 bridgehead atoms. The van der Waals surface area contributed by atoms with Crippen LogP contribution in [0.5, 0.6) is 5.75 Å². The van der Waals surface area contributed by atoms with Crippen LogP contribution in [-0.4, -0.2) is 11.7 Å². The Kier molecular flexibility index (Phi) is 3.80. The van der Waals surface area contributed by atoms with Crippen LogP contribution in [0.2, 0.25) is 0 Å². The number of benzene rings is 1. The summed E-state index contributed by atoms with van der Waals surface area (Å²) < 4.78 is 31.4. The fourth-order valence-electron chi connectivity index (χ4n) is 1.04. The first-order valence-electron chi connectivity index (χ1n) is 4.40. The maximum Gasteiger partial charge on any atom is 0.191 e. The van der Waals surface area contributed by atoms with E-state index < -0.39 is 24.0 Å². The van der Waals surface area contributed by atoms with E-state index in [1.165, 1.54) is 0 Å². The summed E-state index contributed by atoms with van der Waals surface area (Å²) in [5.74, 6) is -2.07. The molecule has 82 valence electrons. The van der Waals surface area contributed by atoms with Crippen molar-refractivity contribution in [3.8, 4) is 5.75 Å². The van der Waals surface area contributed by atoms with E-state index >= 15 is 0 Å². The van der Waals surface area contributed by atoms with Crippen LogP contribution in [0, 0.1) is 11.6 Å². The lowest BCUT2D eigenvalue weighted by atomic mass is 10.2. The van der Waals surface area contributed by atoms with Gasteiger partial charge in [0.05, 0.1) is 6.61 Å². The van der Waals surface area contributed by atoms with Crippen LogP contribution < -0.4 is 4.74 Å². The van der Waals surface area contributed by atoms with Gasteiger partial charge in [-0.3, -0.25) is 0 Å². The lowest BCUT2D eigenvalue weighted by Gasteiger charge is -2.09. The first-order chi connectivity index (χ1) is 7.04. The number of aliphatic hydroxyl groups is 1. The molecule has 0 saturated carbocycles. The molecule has 0 heterocycles. The largest absolute Gasteiger partial charge is 0.483 e. The molecule has 0 spiro atoms. The number of rotatable bonds is 4. The predicted molar refractivity (Wildman–Crippen MR) is 52.6 cm³/mol. The smallest absolute Gasteiger partial charge is 0.191 e. The van der Waals surface area contributed by atoms with E-state index in [-0.39, 0.29) is 12.2 Å². The standard InChI is InChI=1S/C11H12F2O2/c1-7(2)6-15-11-9(12)3-8(5-14)4-10(11)13/h3-4,14H,1,5-6H2,2H3. The second kappa shape index (κ2) is 4.89. The van der Waals surface area contributed by atoms with Gasteiger partial charge in [0.2, 0.25) is 0 Å². The Morgan fingerprint density at radius 3 is 2.33 bits per heavy atom. The van der Waals surface area contributed by atoms with Gasteiger partial charge in [0, 0.05) is 0 Å². The number of aliphatic hydroxyl groups excluding tert-OH is 1. The third-order valence-electron chi connectivity index (χ3n) is 1.70. The molecule has 0 aliphatic heterocycles. The van der Waals surface area contributed by atoms with Crippen LogP contribution in [0.1, 0.15) is 12.5 Å². The highest BCUT2D eigenvalue weighted by Crippen LogP contribution is 2.23. The van der Waals surface area contributed by atoms with Crippen LogP contribution in [-0.2, 0) is 6.61 Å². The van der Waals surface area contributed by atoms with E-state index in [1.54, 1.807) is 6.92 Å². The van der Waals surface area contributed by atoms with Crippen molar-refractivity contribution in [2.75, 3.05) is 6.61 Å². The van der Waals surface area contributed by atoms with E-state index in [4.69, 9.17) is 9.84 Å². The second-order valence-corrected chi connectivity index (χ2v) is 3.29. The molecule has 1 N–H and O–H groups in total. The lowest BCUT2D eigenvalue weighted by Crippen LogP contribution is -2.03. The summed E-state index contributed by atoms with van der Waals surface area (Å²) >= 11 is 0. The van der Waals surface area contributed by atoms with Gasteiger partial charge in [-0.05, 0) is 30.2 Å². The molecule has 0 aromatic heterocycles. The second-order valence-electron chi connectivity index (χ2n) is 3.29. The third-order valence-corrected chi connectivity index (χ3v) is 1.70. The minimum atomic E-state index is -0.819. The van der Waals surface area contributed by atoms with Gasteiger partial charge in [0.1, 0.15) is 6.61 Å². The van der Waals surface area contributed by atoms with Crippen molar-refractivity contribution in [2.24, 2.45) is 0 Å². The maximum absolute atomic E-state index is 13.2. The number of halogens is 2. The summed E-state index contributed by atoms with van der Waals surface area (Å²) in [5, 5.41) is 8.71. The van der Waals surface area contributed by atoms with E-state index in [9.17, 15) is 8.78 Å². The van der Waals surface area contributed by atoms with E-state index in [1.807, 2.05) is 0 Å². The normalized spacial score (nSPS) is 10.1. The van der Waals surface area contributed by atoms with E-state index in [2.05, 4.69) is 6.58 Å². The summed E-state index contributed by atoms with van der Waals surface area (Å²) in [5.41, 5.74) is 0.840. The lowest BCUT2D eigenvalue weighted by molar-refractivity contribution is 0.277. The molecule has 0 fully saturated rings. The Morgan fingerprint density at radius 2 is 1.93 bits per heavy atom. The first kappa shape index (κ1) is 11.7. The van der Waals surface area contributed by atoms with E-state index in [0.29, 0.717) is 5.57 Å². The zero-order chi connectivity index (χ0) is 11.4. The minimum Gasteiger partial charge on any atom is -0.483 e. The zero-order valence-electron chi connectivity index (χ0n) is 8.39. The molecule has 2 nitrogen and oxygen atoms in total. The molecule has 0 atom stereocenters. The topological polar surface area (TPSA) is 29.5 Å². The molecule has 1 aromatic rings. The summed E-state index contributed by atoms with van der Waals surface area (Å²) in [7, 11) is 0. The molecular formula is C11H12F2O2. The van der Waals surface area contributed by atoms with Crippen molar-refractivity contribution in [2.45, 2.75) is 13.5 Å². The van der Waals surface area contributed by atoms with Crippen LogP contribution in [0.4, 0.5) is 8.78 Å². The molecule has 15 heavy (non-hydrogen) atoms. The van der Waals surface area contributed by atoms with Crippen molar-refractivity contribution in [1.82, 2.24) is 0 Å². The van der Waals surface area contributed by atoms with E-state index in [0.717, 1.165) is 12.1 Å². The Labute approximate surface area is 86.8 Å². The fraction of sp³-hybridized carbons (Fsp3) is 0.273. The van der Waals surface area contributed by atoms with Crippen LogP contribution in [0.15, 0.2) is 24.3 Å². The van der Waals surface area contributed by atoms with Crippen LogP contribution in [0.3, 0.4) is 0 Å². The summed E-state index contributed by atoms with van der Waals surface area (Å²) in [6, 6.07) is 2.08. The number of ether oxygens (including phenoxy) is 1. The average Bonchev–Trinajstić information content (AvgIpc) is 2.15. The Morgan fingerprint density at radius 1 is 1.40 bits per heavy atom. The first-order valence-corrected chi connectivity index (χ1v) is 4.40. The highest BCUT2D eigenvalue weighted by atomic mass is 19.1. The van der Waals surface area contributed by atoms with Gasteiger partial charge >= 0.3 is 0 Å². The van der Waals surface area contributed by atoms with Gasteiger partial charge in [-0.15, -0.1) is 0 Å². The SMILES string of the molecule is C=C(C)COc1c(F)cc(CO)cc1F. The molecule has 4 heteroatoms. The average molecular weight is 214 g/mol. The molecule has 0 saturated heterocycles. The molecule has 1 aromatic carbocycles. The van der Waals surface area contributed by atoms with Gasteiger partial charge in [0.15, 0.2) is 17.4 Å². The molecule has 0 amide bonds. The van der Waals surface area contributed by atoms with Crippen molar-refractivity contribution in [3.05, 3.63) is 41.5 Å². The third kappa shape index (κ3) is 3.02. The van der Waals surface area contributed by atoms with Crippen molar-refractivity contribution >= 4 is 0 Å². The molecule has 0 aliphatic carbocycles. The minimum absolute atomic E-state index is 0.0618. The van der Waals surface area contributed by atoms with Gasteiger partial charge in [0.25, 0.3) is 0 Å². The quantitative estimate of drug-likeness (QED) is 0.780. The van der Waals surface area contributed by atoms with Gasteiger partial charge < -0.3 is 9.84 Å². The highest BCUT2D eigenvalue weighted by Gasteiger charge is 2.12. The molecule has 0 unspecified atom stereocenters. The van der Waals surface area contributed by atoms with Gasteiger partial charge in [-0.25, -0.2) is 8.78 Å². The van der Waals surface area contributed by atoms with Crippen LogP contribution >= 0.6 is 0 Å². The Balaban J connectivity index is 2.92. The summed E-state index contributed by atoms with van der Waals surface area (Å²) in [6.07, 6.45) is 0.